The minimum absolute atomic E-state index is 0.106. The highest BCUT2D eigenvalue weighted by Gasteiger charge is 2.27. The van der Waals surface area contributed by atoms with E-state index in [9.17, 15) is 4.79 Å². The Hall–Kier alpha value is -2.70. The van der Waals surface area contributed by atoms with E-state index in [1.807, 2.05) is 29.2 Å². The summed E-state index contributed by atoms with van der Waals surface area (Å²) >= 11 is 0. The van der Waals surface area contributed by atoms with Gasteiger partial charge in [0.15, 0.2) is 5.58 Å². The molecule has 130 valence electrons. The Bertz CT molecular complexity index is 876. The van der Waals surface area contributed by atoms with Crippen molar-refractivity contribution in [1.29, 1.82) is 0 Å². The zero-order valence-electron chi connectivity index (χ0n) is 14.3. The molecule has 0 atom stereocenters. The predicted octanol–water partition coefficient (Wildman–Crippen LogP) is 2.39. The van der Waals surface area contributed by atoms with Crippen molar-refractivity contribution in [3.8, 4) is 0 Å². The van der Waals surface area contributed by atoms with Gasteiger partial charge in [-0.2, -0.15) is 0 Å². The van der Waals surface area contributed by atoms with Crippen LogP contribution in [0.1, 0.15) is 37.2 Å². The number of piperidine rings is 1. The van der Waals surface area contributed by atoms with Gasteiger partial charge in [0.05, 0.1) is 6.42 Å². The number of para-hydroxylation sites is 1. The number of carbonyl (C=O) groups is 1. The molecule has 0 bridgehead atoms. The molecular formula is C18H21N5O2. The van der Waals surface area contributed by atoms with E-state index in [2.05, 4.69) is 26.8 Å². The molecule has 1 aliphatic heterocycles. The summed E-state index contributed by atoms with van der Waals surface area (Å²) in [7, 11) is 0. The second-order valence-corrected chi connectivity index (χ2v) is 6.43. The molecule has 4 rings (SSSR count). The highest BCUT2D eigenvalue weighted by Crippen LogP contribution is 2.27. The topological polar surface area (TPSA) is 77.1 Å². The van der Waals surface area contributed by atoms with E-state index in [4.69, 9.17) is 4.52 Å². The monoisotopic (exact) mass is 339 g/mol. The standard InChI is InChI=1S/C18H21N5O2/c1-2-22-12-19-20-18(22)13-7-9-23(10-8-13)17(24)11-15-14-5-3-4-6-16(14)25-21-15/h3-6,12-13H,2,7-11H2,1H3. The van der Waals surface area contributed by atoms with Crippen LogP contribution < -0.4 is 0 Å². The van der Waals surface area contributed by atoms with E-state index in [0.717, 1.165) is 49.3 Å². The van der Waals surface area contributed by atoms with Crippen molar-refractivity contribution in [2.24, 2.45) is 0 Å². The van der Waals surface area contributed by atoms with Crippen molar-refractivity contribution < 1.29 is 9.32 Å². The molecular weight excluding hydrogens is 318 g/mol. The van der Waals surface area contributed by atoms with Crippen LogP contribution in [0.3, 0.4) is 0 Å². The number of benzene rings is 1. The molecule has 1 saturated heterocycles. The van der Waals surface area contributed by atoms with E-state index in [0.29, 0.717) is 11.6 Å². The molecule has 1 fully saturated rings. The number of likely N-dealkylation sites (tertiary alicyclic amines) is 1. The third-order valence-corrected chi connectivity index (χ3v) is 4.97. The average molecular weight is 339 g/mol. The van der Waals surface area contributed by atoms with Crippen LogP contribution in [0.15, 0.2) is 35.1 Å². The van der Waals surface area contributed by atoms with Crippen molar-refractivity contribution in [2.75, 3.05) is 13.1 Å². The van der Waals surface area contributed by atoms with E-state index in [1.165, 1.54) is 0 Å². The quantitative estimate of drug-likeness (QED) is 0.729. The van der Waals surface area contributed by atoms with E-state index in [-0.39, 0.29) is 12.3 Å². The minimum atomic E-state index is 0.106. The third-order valence-electron chi connectivity index (χ3n) is 4.97. The molecule has 0 N–H and O–H groups in total. The van der Waals surface area contributed by atoms with E-state index < -0.39 is 0 Å². The van der Waals surface area contributed by atoms with Crippen LogP contribution in [0.4, 0.5) is 0 Å². The minimum Gasteiger partial charge on any atom is -0.356 e. The fourth-order valence-electron chi connectivity index (χ4n) is 3.53. The SMILES string of the molecule is CCn1cnnc1C1CCN(C(=O)Cc2noc3ccccc23)CC1. The Morgan fingerprint density at radius 3 is 2.88 bits per heavy atom. The molecule has 0 spiro atoms. The molecule has 0 radical (unpaired) electrons. The van der Waals surface area contributed by atoms with Crippen molar-refractivity contribution in [2.45, 2.75) is 38.6 Å². The number of hydrogen-bond donors (Lipinski definition) is 0. The number of aromatic nitrogens is 4. The molecule has 3 heterocycles. The van der Waals surface area contributed by atoms with Crippen LogP contribution in [0.5, 0.6) is 0 Å². The highest BCUT2D eigenvalue weighted by molar-refractivity contribution is 5.86. The summed E-state index contributed by atoms with van der Waals surface area (Å²) in [5, 5.41) is 13.3. The van der Waals surface area contributed by atoms with Crippen molar-refractivity contribution >= 4 is 16.9 Å². The van der Waals surface area contributed by atoms with Gasteiger partial charge in [0.25, 0.3) is 0 Å². The Kier molecular flexibility index (Phi) is 4.21. The van der Waals surface area contributed by atoms with Crippen LogP contribution in [0.2, 0.25) is 0 Å². The van der Waals surface area contributed by atoms with Gasteiger partial charge < -0.3 is 14.0 Å². The van der Waals surface area contributed by atoms with Crippen LogP contribution in [-0.4, -0.2) is 43.8 Å². The lowest BCUT2D eigenvalue weighted by Gasteiger charge is -2.31. The maximum atomic E-state index is 12.6. The molecule has 0 unspecified atom stereocenters. The van der Waals surface area contributed by atoms with Crippen molar-refractivity contribution in [3.63, 3.8) is 0 Å². The van der Waals surface area contributed by atoms with Gasteiger partial charge in [0.1, 0.15) is 17.8 Å². The second kappa shape index (κ2) is 6.66. The van der Waals surface area contributed by atoms with Gasteiger partial charge in [-0.3, -0.25) is 4.79 Å². The Morgan fingerprint density at radius 1 is 1.28 bits per heavy atom. The highest BCUT2D eigenvalue weighted by atomic mass is 16.5. The maximum Gasteiger partial charge on any atom is 0.228 e. The molecule has 7 nitrogen and oxygen atoms in total. The van der Waals surface area contributed by atoms with Gasteiger partial charge in [0, 0.05) is 30.9 Å². The molecule has 0 aliphatic carbocycles. The van der Waals surface area contributed by atoms with Crippen LogP contribution in [-0.2, 0) is 17.8 Å². The lowest BCUT2D eigenvalue weighted by atomic mass is 9.95. The number of amides is 1. The second-order valence-electron chi connectivity index (χ2n) is 6.43. The molecule has 0 saturated carbocycles. The number of fused-ring (bicyclic) bond motifs is 1. The van der Waals surface area contributed by atoms with Gasteiger partial charge in [-0.05, 0) is 31.9 Å². The summed E-state index contributed by atoms with van der Waals surface area (Å²) in [6.07, 6.45) is 3.91. The lowest BCUT2D eigenvalue weighted by Crippen LogP contribution is -2.39. The first-order chi connectivity index (χ1) is 12.3. The normalized spacial score (nSPS) is 15.8. The van der Waals surface area contributed by atoms with Crippen LogP contribution in [0, 0.1) is 0 Å². The molecule has 1 aromatic carbocycles. The van der Waals surface area contributed by atoms with Crippen LogP contribution >= 0.6 is 0 Å². The van der Waals surface area contributed by atoms with Gasteiger partial charge in [-0.25, -0.2) is 0 Å². The first-order valence-electron chi connectivity index (χ1n) is 8.75. The summed E-state index contributed by atoms with van der Waals surface area (Å²) in [5.74, 6) is 1.52. The summed E-state index contributed by atoms with van der Waals surface area (Å²) in [4.78, 5) is 14.6. The number of hydrogen-bond acceptors (Lipinski definition) is 5. The zero-order chi connectivity index (χ0) is 17.2. The molecule has 7 heteroatoms. The fraction of sp³-hybridized carbons (Fsp3) is 0.444. The van der Waals surface area contributed by atoms with Gasteiger partial charge in [-0.15, -0.1) is 10.2 Å². The predicted molar refractivity (Wildman–Crippen MR) is 92.0 cm³/mol. The first kappa shape index (κ1) is 15.8. The van der Waals surface area contributed by atoms with Gasteiger partial charge in [0.2, 0.25) is 5.91 Å². The number of nitrogens with zero attached hydrogens (tertiary/aromatic N) is 5. The summed E-state index contributed by atoms with van der Waals surface area (Å²) in [5.41, 5.74) is 1.44. The largest absolute Gasteiger partial charge is 0.356 e. The Labute approximate surface area is 145 Å². The Balaban J connectivity index is 1.40. The van der Waals surface area contributed by atoms with E-state index in [1.54, 1.807) is 6.33 Å². The first-order valence-corrected chi connectivity index (χ1v) is 8.75. The summed E-state index contributed by atoms with van der Waals surface area (Å²) in [6, 6.07) is 7.64. The third kappa shape index (κ3) is 3.01. The van der Waals surface area contributed by atoms with Crippen LogP contribution in [0.25, 0.3) is 11.0 Å². The maximum absolute atomic E-state index is 12.6. The lowest BCUT2D eigenvalue weighted by molar-refractivity contribution is -0.131. The molecule has 3 aromatic rings. The zero-order valence-corrected chi connectivity index (χ0v) is 14.3. The molecule has 1 aliphatic rings. The molecule has 2 aromatic heterocycles. The average Bonchev–Trinajstić information content (AvgIpc) is 3.29. The molecule has 1 amide bonds. The van der Waals surface area contributed by atoms with Gasteiger partial charge in [-0.1, -0.05) is 17.3 Å². The van der Waals surface area contributed by atoms with Gasteiger partial charge >= 0.3 is 0 Å². The smallest absolute Gasteiger partial charge is 0.228 e. The number of carbonyl (C=O) groups excluding carboxylic acids is 1. The fourth-order valence-corrected chi connectivity index (χ4v) is 3.53. The van der Waals surface area contributed by atoms with Crippen molar-refractivity contribution in [1.82, 2.24) is 24.8 Å². The number of aryl methyl sites for hydroxylation is 1. The number of rotatable bonds is 4. The van der Waals surface area contributed by atoms with E-state index >= 15 is 0 Å². The molecule has 25 heavy (non-hydrogen) atoms. The summed E-state index contributed by atoms with van der Waals surface area (Å²) < 4.78 is 7.38. The Morgan fingerprint density at radius 2 is 2.08 bits per heavy atom. The summed E-state index contributed by atoms with van der Waals surface area (Å²) in [6.45, 7) is 4.46. The van der Waals surface area contributed by atoms with Crippen molar-refractivity contribution in [3.05, 3.63) is 42.1 Å².